The second kappa shape index (κ2) is 5.72. The van der Waals surface area contributed by atoms with Crippen LogP contribution in [0, 0.1) is 0 Å². The zero-order chi connectivity index (χ0) is 12.4. The standard InChI is InChI=1S/C12H9BrCl2OS/c13-12-5-8(6-17-12)11(16)4-7-1-2-9(14)10(15)3-7/h1-3,5-6,11,16H,4H2. The second-order valence-electron chi connectivity index (χ2n) is 3.65. The second-order valence-corrected chi connectivity index (χ2v) is 6.76. The van der Waals surface area contributed by atoms with E-state index in [1.165, 1.54) is 0 Å². The Morgan fingerprint density at radius 2 is 2.00 bits per heavy atom. The molecular weight excluding hydrogens is 343 g/mol. The minimum atomic E-state index is -0.519. The van der Waals surface area contributed by atoms with Gasteiger partial charge >= 0.3 is 0 Å². The summed E-state index contributed by atoms with van der Waals surface area (Å²) in [7, 11) is 0. The fourth-order valence-corrected chi connectivity index (χ4v) is 3.05. The first-order valence-corrected chi connectivity index (χ1v) is 7.35. The maximum Gasteiger partial charge on any atom is 0.0838 e. The van der Waals surface area contributed by atoms with Crippen LogP contribution in [0.3, 0.4) is 0 Å². The van der Waals surface area contributed by atoms with Crippen molar-refractivity contribution in [3.63, 3.8) is 0 Å². The van der Waals surface area contributed by atoms with Gasteiger partial charge in [-0.15, -0.1) is 11.3 Å². The van der Waals surface area contributed by atoms with Crippen LogP contribution in [0.25, 0.3) is 0 Å². The molecule has 0 aliphatic heterocycles. The fourth-order valence-electron chi connectivity index (χ4n) is 1.51. The Bertz CT molecular complexity index is 527. The summed E-state index contributed by atoms with van der Waals surface area (Å²) in [5, 5.41) is 13.0. The molecule has 5 heteroatoms. The Morgan fingerprint density at radius 1 is 1.24 bits per heavy atom. The van der Waals surface area contributed by atoms with Gasteiger partial charge in [0.1, 0.15) is 0 Å². The third kappa shape index (κ3) is 3.46. The highest BCUT2D eigenvalue weighted by Crippen LogP contribution is 2.29. The van der Waals surface area contributed by atoms with Crippen LogP contribution in [-0.2, 0) is 6.42 Å². The molecule has 0 fully saturated rings. The average molecular weight is 352 g/mol. The fraction of sp³-hybridized carbons (Fsp3) is 0.167. The molecular formula is C12H9BrCl2OS. The molecule has 0 amide bonds. The van der Waals surface area contributed by atoms with Gasteiger partial charge in [0.2, 0.25) is 0 Å². The van der Waals surface area contributed by atoms with Crippen LogP contribution < -0.4 is 0 Å². The summed E-state index contributed by atoms with van der Waals surface area (Å²) in [5.74, 6) is 0. The van der Waals surface area contributed by atoms with Gasteiger partial charge in [0.05, 0.1) is 19.9 Å². The molecule has 2 rings (SSSR count). The van der Waals surface area contributed by atoms with Gasteiger partial charge in [0.15, 0.2) is 0 Å². The van der Waals surface area contributed by atoms with Gasteiger partial charge in [-0.3, -0.25) is 0 Å². The van der Waals surface area contributed by atoms with E-state index in [1.807, 2.05) is 17.5 Å². The maximum absolute atomic E-state index is 10.1. The lowest BCUT2D eigenvalue weighted by molar-refractivity contribution is 0.179. The molecule has 1 aromatic carbocycles. The van der Waals surface area contributed by atoms with E-state index in [4.69, 9.17) is 23.2 Å². The Hall–Kier alpha value is -0.0600. The van der Waals surface area contributed by atoms with Crippen LogP contribution >= 0.6 is 50.5 Å². The molecule has 0 bridgehead atoms. The Balaban J connectivity index is 2.12. The van der Waals surface area contributed by atoms with Crippen molar-refractivity contribution in [2.24, 2.45) is 0 Å². The molecule has 0 aliphatic rings. The van der Waals surface area contributed by atoms with Gasteiger partial charge in [-0.2, -0.15) is 0 Å². The number of hydrogen-bond donors (Lipinski definition) is 1. The molecule has 0 saturated heterocycles. The minimum absolute atomic E-state index is 0.517. The molecule has 17 heavy (non-hydrogen) atoms. The predicted molar refractivity (Wildman–Crippen MR) is 77.1 cm³/mol. The molecule has 1 unspecified atom stereocenters. The van der Waals surface area contributed by atoms with Crippen molar-refractivity contribution >= 4 is 50.5 Å². The summed E-state index contributed by atoms with van der Waals surface area (Å²) in [6.45, 7) is 0. The molecule has 1 nitrogen and oxygen atoms in total. The molecule has 0 saturated carbocycles. The van der Waals surface area contributed by atoms with Gasteiger partial charge in [-0.05, 0) is 50.6 Å². The van der Waals surface area contributed by atoms with E-state index in [2.05, 4.69) is 15.9 Å². The topological polar surface area (TPSA) is 20.2 Å². The minimum Gasteiger partial charge on any atom is -0.388 e. The van der Waals surface area contributed by atoms with Crippen molar-refractivity contribution in [2.75, 3.05) is 0 Å². The van der Waals surface area contributed by atoms with Gasteiger partial charge in [0.25, 0.3) is 0 Å². The van der Waals surface area contributed by atoms with Gasteiger partial charge in [-0.1, -0.05) is 29.3 Å². The summed E-state index contributed by atoms with van der Waals surface area (Å²) in [4.78, 5) is 0. The lowest BCUT2D eigenvalue weighted by Crippen LogP contribution is -2.00. The summed E-state index contributed by atoms with van der Waals surface area (Å²) in [6, 6.07) is 7.33. The lowest BCUT2D eigenvalue weighted by Gasteiger charge is -2.09. The SMILES string of the molecule is OC(Cc1ccc(Cl)c(Cl)c1)c1csc(Br)c1. The monoisotopic (exact) mass is 350 g/mol. The van der Waals surface area contributed by atoms with Gasteiger partial charge in [0, 0.05) is 6.42 Å². The van der Waals surface area contributed by atoms with Gasteiger partial charge < -0.3 is 5.11 Å². The first-order chi connectivity index (χ1) is 8.06. The number of aliphatic hydroxyl groups excluding tert-OH is 1. The highest BCUT2D eigenvalue weighted by molar-refractivity contribution is 9.11. The number of rotatable bonds is 3. The molecule has 0 radical (unpaired) electrons. The summed E-state index contributed by atoms with van der Waals surface area (Å²) in [5.41, 5.74) is 1.88. The van der Waals surface area contributed by atoms with E-state index in [1.54, 1.807) is 23.5 Å². The van der Waals surface area contributed by atoms with Crippen molar-refractivity contribution in [2.45, 2.75) is 12.5 Å². The van der Waals surface area contributed by atoms with Crippen molar-refractivity contribution in [1.29, 1.82) is 0 Å². The Labute approximate surface area is 122 Å². The quantitative estimate of drug-likeness (QED) is 0.816. The van der Waals surface area contributed by atoms with E-state index in [0.29, 0.717) is 16.5 Å². The van der Waals surface area contributed by atoms with Crippen molar-refractivity contribution < 1.29 is 5.11 Å². The van der Waals surface area contributed by atoms with Crippen LogP contribution in [0.15, 0.2) is 33.4 Å². The van der Waals surface area contributed by atoms with E-state index >= 15 is 0 Å². The molecule has 1 heterocycles. The maximum atomic E-state index is 10.1. The Morgan fingerprint density at radius 3 is 2.59 bits per heavy atom. The predicted octanol–water partition coefficient (Wildman–Crippen LogP) is 5.09. The van der Waals surface area contributed by atoms with Crippen molar-refractivity contribution in [3.8, 4) is 0 Å². The number of halogens is 3. The van der Waals surface area contributed by atoms with Crippen molar-refractivity contribution in [1.82, 2.24) is 0 Å². The smallest absolute Gasteiger partial charge is 0.0838 e. The van der Waals surface area contributed by atoms with Crippen LogP contribution in [0.5, 0.6) is 0 Å². The van der Waals surface area contributed by atoms with E-state index in [0.717, 1.165) is 14.9 Å². The van der Waals surface area contributed by atoms with Crippen LogP contribution in [0.4, 0.5) is 0 Å². The zero-order valence-electron chi connectivity index (χ0n) is 8.66. The first-order valence-electron chi connectivity index (χ1n) is 4.92. The summed E-state index contributed by atoms with van der Waals surface area (Å²) >= 11 is 16.7. The normalized spacial score (nSPS) is 12.7. The third-order valence-electron chi connectivity index (χ3n) is 2.39. The highest BCUT2D eigenvalue weighted by atomic mass is 79.9. The van der Waals surface area contributed by atoms with E-state index < -0.39 is 6.10 Å². The van der Waals surface area contributed by atoms with Crippen molar-refractivity contribution in [3.05, 3.63) is 54.6 Å². The molecule has 0 spiro atoms. The molecule has 2 aromatic rings. The van der Waals surface area contributed by atoms with E-state index in [9.17, 15) is 5.11 Å². The molecule has 1 aromatic heterocycles. The number of benzene rings is 1. The van der Waals surface area contributed by atoms with Crippen LogP contribution in [0.2, 0.25) is 10.0 Å². The highest BCUT2D eigenvalue weighted by Gasteiger charge is 2.11. The third-order valence-corrected chi connectivity index (χ3v) is 4.65. The Kier molecular flexibility index (Phi) is 4.50. The van der Waals surface area contributed by atoms with Crippen LogP contribution in [0.1, 0.15) is 17.2 Å². The summed E-state index contributed by atoms with van der Waals surface area (Å²) in [6.07, 6.45) is 0.00913. The molecule has 1 N–H and O–H groups in total. The number of aliphatic hydroxyl groups is 1. The first kappa shape index (κ1) is 13.4. The molecule has 90 valence electrons. The summed E-state index contributed by atoms with van der Waals surface area (Å²) < 4.78 is 1.01. The zero-order valence-corrected chi connectivity index (χ0v) is 12.6. The molecule has 0 aliphatic carbocycles. The van der Waals surface area contributed by atoms with Crippen LogP contribution in [-0.4, -0.2) is 5.11 Å². The lowest BCUT2D eigenvalue weighted by atomic mass is 10.0. The number of hydrogen-bond acceptors (Lipinski definition) is 2. The van der Waals surface area contributed by atoms with E-state index in [-0.39, 0.29) is 0 Å². The van der Waals surface area contributed by atoms with Gasteiger partial charge in [-0.25, -0.2) is 0 Å². The number of thiophene rings is 1. The molecule has 1 atom stereocenters. The average Bonchev–Trinajstić information content (AvgIpc) is 2.70. The largest absolute Gasteiger partial charge is 0.388 e.